The molecule has 2 heterocycles. The first kappa shape index (κ1) is 22.8. The zero-order valence-corrected chi connectivity index (χ0v) is 20.1. The largest absolute Gasteiger partial charge is 0.292 e. The van der Waals surface area contributed by atoms with Crippen molar-refractivity contribution in [2.75, 3.05) is 10.0 Å². The lowest BCUT2D eigenvalue weighted by Crippen LogP contribution is -2.56. The molecular weight excluding hydrogens is 462 g/mol. The van der Waals surface area contributed by atoms with Crippen LogP contribution in [0.2, 0.25) is 0 Å². The third kappa shape index (κ3) is 4.19. The SMILES string of the molecule is CC(=O)C1=NN(c2ccc([N+](=O)[O-])cc2)[C@@]2(CCC(c3ccc(C)cc3)=NN2c2ccccc2)S1. The Kier molecular flexibility index (Phi) is 5.86. The monoisotopic (exact) mass is 485 g/mol. The number of non-ortho nitro benzene ring substituents is 1. The van der Waals surface area contributed by atoms with Crippen molar-refractivity contribution in [1.82, 2.24) is 0 Å². The molecule has 3 aromatic carbocycles. The summed E-state index contributed by atoms with van der Waals surface area (Å²) >= 11 is 1.37. The highest BCUT2D eigenvalue weighted by atomic mass is 32.2. The zero-order valence-electron chi connectivity index (χ0n) is 19.3. The number of aryl methyl sites for hydroxylation is 1. The Balaban J connectivity index is 1.64. The molecule has 3 aromatic rings. The van der Waals surface area contributed by atoms with Crippen LogP contribution in [0.1, 0.15) is 30.9 Å². The summed E-state index contributed by atoms with van der Waals surface area (Å²) in [5, 5.41) is 25.0. The number of para-hydroxylation sites is 1. The fraction of sp³-hybridized carbons (Fsp3) is 0.192. The van der Waals surface area contributed by atoms with E-state index in [0.29, 0.717) is 23.6 Å². The normalized spacial score (nSPS) is 19.5. The van der Waals surface area contributed by atoms with E-state index < -0.39 is 9.92 Å². The van der Waals surface area contributed by atoms with Crippen molar-refractivity contribution in [1.29, 1.82) is 0 Å². The van der Waals surface area contributed by atoms with Gasteiger partial charge in [-0.05, 0) is 54.9 Å². The molecule has 0 unspecified atom stereocenters. The lowest BCUT2D eigenvalue weighted by atomic mass is 10.0. The van der Waals surface area contributed by atoms with E-state index in [0.717, 1.165) is 17.0 Å². The summed E-state index contributed by atoms with van der Waals surface area (Å²) in [6, 6.07) is 24.3. The van der Waals surface area contributed by atoms with E-state index in [1.54, 1.807) is 17.1 Å². The molecule has 0 radical (unpaired) electrons. The van der Waals surface area contributed by atoms with Gasteiger partial charge < -0.3 is 0 Å². The molecule has 176 valence electrons. The predicted molar refractivity (Wildman–Crippen MR) is 140 cm³/mol. The molecule has 0 N–H and O–H groups in total. The van der Waals surface area contributed by atoms with Crippen molar-refractivity contribution in [3.63, 3.8) is 0 Å². The van der Waals surface area contributed by atoms with Crippen LogP contribution in [0.5, 0.6) is 0 Å². The molecule has 5 rings (SSSR count). The van der Waals surface area contributed by atoms with E-state index in [2.05, 4.69) is 36.3 Å². The highest BCUT2D eigenvalue weighted by Crippen LogP contribution is 2.50. The van der Waals surface area contributed by atoms with Crippen LogP contribution in [-0.2, 0) is 4.79 Å². The molecule has 0 aliphatic carbocycles. The molecule has 1 atom stereocenters. The van der Waals surface area contributed by atoms with Gasteiger partial charge in [0.05, 0.1) is 22.0 Å². The second-order valence-electron chi connectivity index (χ2n) is 8.45. The molecule has 9 heteroatoms. The molecule has 0 saturated heterocycles. The lowest BCUT2D eigenvalue weighted by Gasteiger charge is -2.46. The summed E-state index contributed by atoms with van der Waals surface area (Å²) in [7, 11) is 0. The van der Waals surface area contributed by atoms with Gasteiger partial charge in [-0.1, -0.05) is 48.0 Å². The van der Waals surface area contributed by atoms with Crippen LogP contribution in [0.25, 0.3) is 0 Å². The Morgan fingerprint density at radius 3 is 2.20 bits per heavy atom. The first-order chi connectivity index (χ1) is 16.9. The Morgan fingerprint density at radius 1 is 0.943 bits per heavy atom. The van der Waals surface area contributed by atoms with Gasteiger partial charge in [-0.3, -0.25) is 14.9 Å². The minimum Gasteiger partial charge on any atom is -0.292 e. The summed E-state index contributed by atoms with van der Waals surface area (Å²) < 4.78 is 0. The van der Waals surface area contributed by atoms with E-state index in [4.69, 9.17) is 5.10 Å². The third-order valence-corrected chi connectivity index (χ3v) is 7.45. The van der Waals surface area contributed by atoms with Gasteiger partial charge in [-0.15, -0.1) is 0 Å². The number of hydrogen-bond donors (Lipinski definition) is 0. The second-order valence-corrected chi connectivity index (χ2v) is 9.70. The molecule has 8 nitrogen and oxygen atoms in total. The van der Waals surface area contributed by atoms with Gasteiger partial charge in [0.15, 0.2) is 10.8 Å². The molecule has 2 aliphatic heterocycles. The molecular formula is C26H23N5O3S. The fourth-order valence-corrected chi connectivity index (χ4v) is 5.45. The van der Waals surface area contributed by atoms with E-state index >= 15 is 0 Å². The number of carbonyl (C=O) groups is 1. The number of rotatable bonds is 5. The summed E-state index contributed by atoms with van der Waals surface area (Å²) in [5.41, 5.74) is 4.67. The maximum Gasteiger partial charge on any atom is 0.269 e. The van der Waals surface area contributed by atoms with Crippen molar-refractivity contribution < 1.29 is 9.72 Å². The van der Waals surface area contributed by atoms with E-state index in [9.17, 15) is 14.9 Å². The van der Waals surface area contributed by atoms with Gasteiger partial charge in [-0.2, -0.15) is 10.2 Å². The van der Waals surface area contributed by atoms with Gasteiger partial charge in [-0.25, -0.2) is 10.0 Å². The highest BCUT2D eigenvalue weighted by molar-refractivity contribution is 8.17. The first-order valence-electron chi connectivity index (χ1n) is 11.2. The number of nitrogens with zero attached hydrogens (tertiary/aromatic N) is 5. The van der Waals surface area contributed by atoms with Crippen LogP contribution in [0, 0.1) is 17.0 Å². The number of thioether (sulfide) groups is 1. The smallest absolute Gasteiger partial charge is 0.269 e. The Hall–Kier alpha value is -3.98. The van der Waals surface area contributed by atoms with Crippen molar-refractivity contribution >= 4 is 45.4 Å². The zero-order chi connectivity index (χ0) is 24.6. The predicted octanol–water partition coefficient (Wildman–Crippen LogP) is 5.72. The number of benzene rings is 3. The van der Waals surface area contributed by atoms with Gasteiger partial charge in [0.25, 0.3) is 5.69 Å². The van der Waals surface area contributed by atoms with E-state index in [1.807, 2.05) is 35.3 Å². The number of nitro benzene ring substituents is 1. The number of hydrogen-bond acceptors (Lipinski definition) is 8. The van der Waals surface area contributed by atoms with Crippen LogP contribution in [0.3, 0.4) is 0 Å². The van der Waals surface area contributed by atoms with Gasteiger partial charge in [0.2, 0.25) is 4.99 Å². The van der Waals surface area contributed by atoms with Gasteiger partial charge in [0, 0.05) is 25.5 Å². The molecule has 35 heavy (non-hydrogen) atoms. The molecule has 0 saturated carbocycles. The molecule has 0 fully saturated rings. The fourth-order valence-electron chi connectivity index (χ4n) is 4.21. The average molecular weight is 486 g/mol. The number of hydrazone groups is 2. The maximum absolute atomic E-state index is 12.4. The quantitative estimate of drug-likeness (QED) is 0.339. The molecule has 0 amide bonds. The van der Waals surface area contributed by atoms with Crippen LogP contribution in [0.15, 0.2) is 89.1 Å². The maximum atomic E-state index is 12.4. The topological polar surface area (TPSA) is 91.4 Å². The number of Topliss-reactive ketones (excluding diaryl/α,β-unsaturated/α-hetero) is 1. The highest BCUT2D eigenvalue weighted by Gasteiger charge is 2.52. The molecule has 0 aromatic heterocycles. The first-order valence-corrected chi connectivity index (χ1v) is 12.0. The molecule has 1 spiro atoms. The summed E-state index contributed by atoms with van der Waals surface area (Å²) in [6.07, 6.45) is 1.29. The standard InChI is InChI=1S/C26H23N5O3S/c1-18-8-10-20(11-9-18)24-16-17-26(29(27-24)21-6-4-3-5-7-21)30(28-25(35-26)19(2)32)22-12-14-23(15-13-22)31(33)34/h3-15H,16-17H2,1-2H3/t26-/m0/s1. The number of ketones is 1. The van der Waals surface area contributed by atoms with Crippen molar-refractivity contribution in [3.8, 4) is 0 Å². The second kappa shape index (κ2) is 8.99. The van der Waals surface area contributed by atoms with Crippen molar-refractivity contribution in [3.05, 3.63) is 100 Å². The Labute approximate surface area is 207 Å². The Morgan fingerprint density at radius 2 is 1.57 bits per heavy atom. The average Bonchev–Trinajstić information content (AvgIpc) is 3.25. The van der Waals surface area contributed by atoms with Crippen molar-refractivity contribution in [2.45, 2.75) is 31.7 Å². The van der Waals surface area contributed by atoms with Crippen LogP contribution >= 0.6 is 11.8 Å². The summed E-state index contributed by atoms with van der Waals surface area (Å²) in [6.45, 7) is 3.55. The van der Waals surface area contributed by atoms with Crippen LogP contribution in [-0.4, -0.2) is 26.5 Å². The Bertz CT molecular complexity index is 1340. The van der Waals surface area contributed by atoms with Crippen LogP contribution in [0.4, 0.5) is 17.1 Å². The minimum absolute atomic E-state index is 0.00587. The summed E-state index contributed by atoms with van der Waals surface area (Å²) in [4.78, 5) is 22.3. The summed E-state index contributed by atoms with van der Waals surface area (Å²) in [5.74, 6) is -0.139. The van der Waals surface area contributed by atoms with E-state index in [1.165, 1.54) is 36.4 Å². The third-order valence-electron chi connectivity index (χ3n) is 6.01. The molecule has 0 bridgehead atoms. The van der Waals surface area contributed by atoms with Gasteiger partial charge in [0.1, 0.15) is 0 Å². The van der Waals surface area contributed by atoms with Crippen LogP contribution < -0.4 is 10.0 Å². The van der Waals surface area contributed by atoms with E-state index in [-0.39, 0.29) is 11.5 Å². The molecule has 2 aliphatic rings. The van der Waals surface area contributed by atoms with Crippen molar-refractivity contribution in [2.24, 2.45) is 10.2 Å². The number of nitro groups is 1. The lowest BCUT2D eigenvalue weighted by molar-refractivity contribution is -0.384. The number of carbonyl (C=O) groups excluding carboxylic acids is 1. The minimum atomic E-state index is -0.841. The van der Waals surface area contributed by atoms with Gasteiger partial charge >= 0.3 is 0 Å². The number of anilines is 2.